The molecular weight excluding hydrogens is 286 g/mol. The number of likely N-dealkylation sites (N-methyl/N-ethyl adjacent to an activating group) is 1. The summed E-state index contributed by atoms with van der Waals surface area (Å²) in [5.74, 6) is -0.353. The Morgan fingerprint density at radius 1 is 1.19 bits per heavy atom. The van der Waals surface area contributed by atoms with Crippen LogP contribution in [0.2, 0.25) is 0 Å². The average molecular weight is 309 g/mol. The van der Waals surface area contributed by atoms with Crippen molar-refractivity contribution < 1.29 is 14.7 Å². The van der Waals surface area contributed by atoms with E-state index in [0.29, 0.717) is 19.0 Å². The molecule has 0 saturated carbocycles. The number of nitrogens with zero attached hydrogens (tertiary/aromatic N) is 1. The standard InChI is InChI=1S/C16H23NO3S/c1-3-13(14-8-6-5-7-9-14)10-17(4-2)15(18)11-21-12-16(19)20/h5-9,13H,3-4,10-12H2,1-2H3,(H,19,20). The summed E-state index contributed by atoms with van der Waals surface area (Å²) < 4.78 is 0. The SMILES string of the molecule is CCC(CN(CC)C(=O)CSCC(=O)O)c1ccccc1. The first-order chi connectivity index (χ1) is 10.1. The highest BCUT2D eigenvalue weighted by Crippen LogP contribution is 2.20. The van der Waals surface area contributed by atoms with E-state index in [1.54, 1.807) is 0 Å². The van der Waals surface area contributed by atoms with Crippen LogP contribution in [0.25, 0.3) is 0 Å². The molecule has 1 aromatic carbocycles. The third kappa shape index (κ3) is 6.21. The maximum absolute atomic E-state index is 12.2. The molecule has 0 spiro atoms. The van der Waals surface area contributed by atoms with Crippen molar-refractivity contribution in [2.75, 3.05) is 24.6 Å². The van der Waals surface area contributed by atoms with E-state index < -0.39 is 5.97 Å². The number of rotatable bonds is 9. The Morgan fingerprint density at radius 3 is 2.38 bits per heavy atom. The minimum Gasteiger partial charge on any atom is -0.481 e. The van der Waals surface area contributed by atoms with Gasteiger partial charge in [0.05, 0.1) is 11.5 Å². The predicted molar refractivity (Wildman–Crippen MR) is 86.7 cm³/mol. The molecule has 116 valence electrons. The van der Waals surface area contributed by atoms with Gasteiger partial charge in [-0.2, -0.15) is 0 Å². The molecule has 0 aliphatic carbocycles. The van der Waals surface area contributed by atoms with Crippen LogP contribution >= 0.6 is 11.8 Å². The highest BCUT2D eigenvalue weighted by Gasteiger charge is 2.18. The summed E-state index contributed by atoms with van der Waals surface area (Å²) in [6, 6.07) is 10.2. The fraction of sp³-hybridized carbons (Fsp3) is 0.500. The number of thioether (sulfide) groups is 1. The van der Waals surface area contributed by atoms with E-state index in [2.05, 4.69) is 19.1 Å². The molecule has 0 aromatic heterocycles. The van der Waals surface area contributed by atoms with Crippen molar-refractivity contribution in [3.05, 3.63) is 35.9 Å². The van der Waals surface area contributed by atoms with Crippen LogP contribution in [0.1, 0.15) is 31.7 Å². The fourth-order valence-electron chi connectivity index (χ4n) is 2.19. The number of hydrogen-bond donors (Lipinski definition) is 1. The molecule has 21 heavy (non-hydrogen) atoms. The number of carbonyl (C=O) groups excluding carboxylic acids is 1. The van der Waals surface area contributed by atoms with E-state index >= 15 is 0 Å². The first-order valence-corrected chi connectivity index (χ1v) is 8.36. The van der Waals surface area contributed by atoms with Gasteiger partial charge in [0.15, 0.2) is 0 Å². The lowest BCUT2D eigenvalue weighted by atomic mass is 9.96. The van der Waals surface area contributed by atoms with E-state index in [9.17, 15) is 9.59 Å². The number of amides is 1. The van der Waals surface area contributed by atoms with E-state index in [0.717, 1.165) is 18.2 Å². The van der Waals surface area contributed by atoms with Crippen LogP contribution in [0.3, 0.4) is 0 Å². The van der Waals surface area contributed by atoms with E-state index in [-0.39, 0.29) is 17.4 Å². The van der Waals surface area contributed by atoms with Crippen LogP contribution in [-0.4, -0.2) is 46.5 Å². The lowest BCUT2D eigenvalue weighted by molar-refractivity contribution is -0.133. The third-order valence-electron chi connectivity index (χ3n) is 3.39. The van der Waals surface area contributed by atoms with Crippen molar-refractivity contribution in [3.8, 4) is 0 Å². The molecule has 1 aromatic rings. The first kappa shape index (κ1) is 17.6. The second kappa shape index (κ2) is 9.45. The Labute approximate surface area is 130 Å². The summed E-state index contributed by atoms with van der Waals surface area (Å²) in [6.45, 7) is 5.41. The number of carboxylic acid groups (broad SMARTS) is 1. The number of benzene rings is 1. The molecule has 1 N–H and O–H groups in total. The summed E-state index contributed by atoms with van der Waals surface area (Å²) in [7, 11) is 0. The monoisotopic (exact) mass is 309 g/mol. The predicted octanol–water partition coefficient (Wildman–Crippen LogP) is 2.85. The Balaban J connectivity index is 2.58. The maximum Gasteiger partial charge on any atom is 0.313 e. The molecule has 1 amide bonds. The quantitative estimate of drug-likeness (QED) is 0.762. The topological polar surface area (TPSA) is 57.6 Å². The van der Waals surface area contributed by atoms with Crippen molar-refractivity contribution in [3.63, 3.8) is 0 Å². The van der Waals surface area contributed by atoms with Crippen molar-refractivity contribution in [1.82, 2.24) is 4.90 Å². The van der Waals surface area contributed by atoms with Crippen LogP contribution < -0.4 is 0 Å². The van der Waals surface area contributed by atoms with Crippen molar-refractivity contribution >= 4 is 23.6 Å². The molecular formula is C16H23NO3S. The number of carbonyl (C=O) groups is 2. The van der Waals surface area contributed by atoms with Gasteiger partial charge in [0.2, 0.25) is 5.91 Å². The molecule has 0 aliphatic rings. The average Bonchev–Trinajstić information content (AvgIpc) is 2.49. The van der Waals surface area contributed by atoms with Crippen molar-refractivity contribution in [2.45, 2.75) is 26.2 Å². The van der Waals surface area contributed by atoms with Crippen LogP contribution in [0.15, 0.2) is 30.3 Å². The Hall–Kier alpha value is -1.49. The van der Waals surface area contributed by atoms with Gasteiger partial charge in [-0.25, -0.2) is 0 Å². The highest BCUT2D eigenvalue weighted by molar-refractivity contribution is 8.00. The molecule has 0 saturated heterocycles. The molecule has 1 atom stereocenters. The van der Waals surface area contributed by atoms with Gasteiger partial charge in [0.1, 0.15) is 0 Å². The van der Waals surface area contributed by atoms with Crippen LogP contribution in [0.4, 0.5) is 0 Å². The molecule has 0 radical (unpaired) electrons. The summed E-state index contributed by atoms with van der Waals surface area (Å²) in [6.07, 6.45) is 0.968. The summed E-state index contributed by atoms with van der Waals surface area (Å²) >= 11 is 1.15. The van der Waals surface area contributed by atoms with Gasteiger partial charge in [-0.1, -0.05) is 37.3 Å². The fourth-order valence-corrected chi connectivity index (χ4v) is 2.82. The lowest BCUT2D eigenvalue weighted by Gasteiger charge is -2.26. The van der Waals surface area contributed by atoms with E-state index in [1.165, 1.54) is 5.56 Å². The van der Waals surface area contributed by atoms with Gasteiger partial charge in [-0.3, -0.25) is 9.59 Å². The minimum atomic E-state index is -0.883. The number of aliphatic carboxylic acids is 1. The van der Waals surface area contributed by atoms with Crippen LogP contribution in [0, 0.1) is 0 Å². The van der Waals surface area contributed by atoms with Gasteiger partial charge in [0, 0.05) is 19.0 Å². The number of carboxylic acids is 1. The molecule has 0 bridgehead atoms. The zero-order chi connectivity index (χ0) is 15.7. The highest BCUT2D eigenvalue weighted by atomic mass is 32.2. The minimum absolute atomic E-state index is 0.0122. The molecule has 1 unspecified atom stereocenters. The molecule has 4 nitrogen and oxygen atoms in total. The zero-order valence-electron chi connectivity index (χ0n) is 12.6. The lowest BCUT2D eigenvalue weighted by Crippen LogP contribution is -2.36. The van der Waals surface area contributed by atoms with Crippen LogP contribution in [-0.2, 0) is 9.59 Å². The van der Waals surface area contributed by atoms with Crippen molar-refractivity contribution in [2.24, 2.45) is 0 Å². The second-order valence-corrected chi connectivity index (χ2v) is 5.82. The zero-order valence-corrected chi connectivity index (χ0v) is 13.4. The van der Waals surface area contributed by atoms with Gasteiger partial charge in [-0.15, -0.1) is 11.8 Å². The Kier molecular flexibility index (Phi) is 7.90. The third-order valence-corrected chi connectivity index (χ3v) is 4.29. The molecule has 0 fully saturated rings. The van der Waals surface area contributed by atoms with E-state index in [1.807, 2.05) is 30.0 Å². The molecule has 0 aliphatic heterocycles. The largest absolute Gasteiger partial charge is 0.481 e. The van der Waals surface area contributed by atoms with Gasteiger partial charge in [0.25, 0.3) is 0 Å². The van der Waals surface area contributed by atoms with E-state index in [4.69, 9.17) is 5.11 Å². The Morgan fingerprint density at radius 2 is 1.86 bits per heavy atom. The van der Waals surface area contributed by atoms with Gasteiger partial charge in [-0.05, 0) is 18.9 Å². The molecule has 5 heteroatoms. The molecule has 0 heterocycles. The van der Waals surface area contributed by atoms with Crippen molar-refractivity contribution in [1.29, 1.82) is 0 Å². The maximum atomic E-state index is 12.2. The number of hydrogen-bond acceptors (Lipinski definition) is 3. The summed E-state index contributed by atoms with van der Waals surface area (Å²) in [5.41, 5.74) is 1.24. The van der Waals surface area contributed by atoms with Gasteiger partial charge >= 0.3 is 5.97 Å². The second-order valence-electron chi connectivity index (χ2n) is 4.83. The normalized spacial score (nSPS) is 11.9. The summed E-state index contributed by atoms with van der Waals surface area (Å²) in [5, 5.41) is 8.61. The van der Waals surface area contributed by atoms with Crippen LogP contribution in [0.5, 0.6) is 0 Å². The summed E-state index contributed by atoms with van der Waals surface area (Å²) in [4.78, 5) is 24.4. The Bertz CT molecular complexity index is 450. The first-order valence-electron chi connectivity index (χ1n) is 7.20. The smallest absolute Gasteiger partial charge is 0.313 e. The van der Waals surface area contributed by atoms with Gasteiger partial charge < -0.3 is 10.0 Å². The molecule has 1 rings (SSSR count).